The third-order valence-electron chi connectivity index (χ3n) is 3.94. The van der Waals surface area contributed by atoms with Gasteiger partial charge in [0.15, 0.2) is 5.41 Å². The highest BCUT2D eigenvalue weighted by Gasteiger charge is 2.54. The van der Waals surface area contributed by atoms with E-state index >= 15 is 0 Å². The smallest absolute Gasteiger partial charge is 0.326 e. The van der Waals surface area contributed by atoms with Crippen molar-refractivity contribution in [2.45, 2.75) is 45.8 Å². The van der Waals surface area contributed by atoms with Crippen molar-refractivity contribution >= 4 is 11.9 Å². The summed E-state index contributed by atoms with van der Waals surface area (Å²) in [6.07, 6.45) is 1.21. The molecule has 108 valence electrons. The SMILES string of the molecule is CCC1(CC)OC(=O)C(C)(Cc2ccccc2)C(=O)O1. The zero-order chi connectivity index (χ0) is 14.8. The predicted molar refractivity (Wildman–Crippen MR) is 73.8 cm³/mol. The number of carbonyl (C=O) groups excluding carboxylic acids is 2. The summed E-state index contributed by atoms with van der Waals surface area (Å²) < 4.78 is 10.9. The molecule has 4 nitrogen and oxygen atoms in total. The fraction of sp³-hybridized carbons (Fsp3) is 0.500. The Kier molecular flexibility index (Phi) is 3.84. The van der Waals surface area contributed by atoms with Crippen molar-refractivity contribution in [1.29, 1.82) is 0 Å². The number of hydrogen-bond donors (Lipinski definition) is 0. The van der Waals surface area contributed by atoms with Crippen molar-refractivity contribution in [1.82, 2.24) is 0 Å². The minimum Gasteiger partial charge on any atom is -0.422 e. The maximum Gasteiger partial charge on any atom is 0.326 e. The summed E-state index contributed by atoms with van der Waals surface area (Å²) in [6.45, 7) is 5.26. The number of hydrogen-bond acceptors (Lipinski definition) is 4. The Morgan fingerprint density at radius 2 is 1.45 bits per heavy atom. The van der Waals surface area contributed by atoms with Crippen molar-refractivity contribution < 1.29 is 19.1 Å². The van der Waals surface area contributed by atoms with Crippen LogP contribution in [0.25, 0.3) is 0 Å². The van der Waals surface area contributed by atoms with E-state index in [9.17, 15) is 9.59 Å². The molecule has 1 aromatic rings. The molecule has 0 amide bonds. The zero-order valence-electron chi connectivity index (χ0n) is 12.1. The first kappa shape index (κ1) is 14.6. The highest BCUT2D eigenvalue weighted by atomic mass is 16.7. The van der Waals surface area contributed by atoms with Gasteiger partial charge in [0.2, 0.25) is 0 Å². The van der Waals surface area contributed by atoms with Crippen molar-refractivity contribution in [2.75, 3.05) is 0 Å². The van der Waals surface area contributed by atoms with E-state index in [1.54, 1.807) is 6.92 Å². The van der Waals surface area contributed by atoms with Crippen LogP contribution in [0.2, 0.25) is 0 Å². The molecule has 1 fully saturated rings. The standard InChI is InChI=1S/C16H20O4/c1-4-16(5-2)19-13(17)15(3,14(18)20-16)11-12-9-7-6-8-10-12/h6-10H,4-5,11H2,1-3H3. The Balaban J connectivity index is 2.25. The van der Waals surface area contributed by atoms with Crippen LogP contribution in [-0.4, -0.2) is 17.7 Å². The van der Waals surface area contributed by atoms with Gasteiger partial charge in [0.25, 0.3) is 5.79 Å². The molecule has 4 heteroatoms. The van der Waals surface area contributed by atoms with E-state index in [-0.39, 0.29) is 6.42 Å². The maximum atomic E-state index is 12.3. The molecule has 1 saturated heterocycles. The van der Waals surface area contributed by atoms with Gasteiger partial charge in [-0.3, -0.25) is 9.59 Å². The summed E-state index contributed by atoms with van der Waals surface area (Å²) in [6, 6.07) is 9.41. The third-order valence-corrected chi connectivity index (χ3v) is 3.94. The molecule has 0 radical (unpaired) electrons. The second kappa shape index (κ2) is 5.27. The van der Waals surface area contributed by atoms with E-state index < -0.39 is 23.1 Å². The van der Waals surface area contributed by atoms with Crippen molar-refractivity contribution in [3.8, 4) is 0 Å². The molecule has 0 bridgehead atoms. The average Bonchev–Trinajstić information content (AvgIpc) is 2.46. The summed E-state index contributed by atoms with van der Waals surface area (Å²) in [4.78, 5) is 24.7. The Labute approximate surface area is 119 Å². The molecule has 0 spiro atoms. The number of rotatable bonds is 4. The van der Waals surface area contributed by atoms with Gasteiger partial charge < -0.3 is 9.47 Å². The third kappa shape index (κ3) is 2.42. The molecule has 0 atom stereocenters. The molecular weight excluding hydrogens is 256 g/mol. The molecule has 0 saturated carbocycles. The van der Waals surface area contributed by atoms with Gasteiger partial charge in [-0.25, -0.2) is 0 Å². The van der Waals surface area contributed by atoms with Crippen LogP contribution in [0.1, 0.15) is 39.2 Å². The number of benzene rings is 1. The molecule has 1 aromatic carbocycles. The van der Waals surface area contributed by atoms with E-state index in [2.05, 4.69) is 0 Å². The lowest BCUT2D eigenvalue weighted by molar-refractivity contribution is -0.263. The minimum atomic E-state index is -1.27. The van der Waals surface area contributed by atoms with E-state index in [1.165, 1.54) is 0 Å². The van der Waals surface area contributed by atoms with E-state index in [0.29, 0.717) is 12.8 Å². The van der Waals surface area contributed by atoms with Gasteiger partial charge in [0.05, 0.1) is 0 Å². The van der Waals surface area contributed by atoms with Crippen LogP contribution >= 0.6 is 0 Å². The molecular formula is C16H20O4. The quantitative estimate of drug-likeness (QED) is 0.627. The van der Waals surface area contributed by atoms with Crippen LogP contribution in [0.5, 0.6) is 0 Å². The van der Waals surface area contributed by atoms with E-state index in [1.807, 2.05) is 44.2 Å². The lowest BCUT2D eigenvalue weighted by Crippen LogP contribution is -2.55. The minimum absolute atomic E-state index is 0.287. The molecule has 20 heavy (non-hydrogen) atoms. The topological polar surface area (TPSA) is 52.6 Å². The van der Waals surface area contributed by atoms with Crippen molar-refractivity contribution in [3.05, 3.63) is 35.9 Å². The van der Waals surface area contributed by atoms with Gasteiger partial charge in [-0.05, 0) is 18.9 Å². The maximum absolute atomic E-state index is 12.3. The summed E-state index contributed by atoms with van der Waals surface area (Å²) in [5.74, 6) is -2.09. The predicted octanol–water partition coefficient (Wildman–Crippen LogP) is 2.85. The Hall–Kier alpha value is -1.84. The fourth-order valence-corrected chi connectivity index (χ4v) is 2.35. The Morgan fingerprint density at radius 1 is 0.950 bits per heavy atom. The van der Waals surface area contributed by atoms with Crippen LogP contribution in [0.3, 0.4) is 0 Å². The van der Waals surface area contributed by atoms with Crippen LogP contribution in [0.4, 0.5) is 0 Å². The number of carbonyl (C=O) groups is 2. The summed E-state index contributed by atoms with van der Waals surface area (Å²) in [5, 5.41) is 0. The average molecular weight is 276 g/mol. The molecule has 0 unspecified atom stereocenters. The van der Waals surface area contributed by atoms with Gasteiger partial charge in [-0.15, -0.1) is 0 Å². The van der Waals surface area contributed by atoms with Gasteiger partial charge in [0.1, 0.15) is 0 Å². The fourth-order valence-electron chi connectivity index (χ4n) is 2.35. The summed E-state index contributed by atoms with van der Waals surface area (Å²) in [5.41, 5.74) is -0.362. The monoisotopic (exact) mass is 276 g/mol. The highest BCUT2D eigenvalue weighted by Crippen LogP contribution is 2.38. The van der Waals surface area contributed by atoms with Crippen molar-refractivity contribution in [3.63, 3.8) is 0 Å². The lowest BCUT2D eigenvalue weighted by atomic mass is 9.82. The normalized spacial score (nSPS) is 20.1. The zero-order valence-corrected chi connectivity index (χ0v) is 12.1. The molecule has 1 heterocycles. The molecule has 2 rings (SSSR count). The molecule has 1 aliphatic heterocycles. The second-order valence-electron chi connectivity index (χ2n) is 5.39. The first-order valence-corrected chi connectivity index (χ1v) is 6.96. The molecule has 0 N–H and O–H groups in total. The van der Waals surface area contributed by atoms with Gasteiger partial charge >= 0.3 is 11.9 Å². The first-order valence-electron chi connectivity index (χ1n) is 6.96. The largest absolute Gasteiger partial charge is 0.422 e. The van der Waals surface area contributed by atoms with Crippen LogP contribution in [0.15, 0.2) is 30.3 Å². The molecule has 1 aliphatic rings. The highest BCUT2D eigenvalue weighted by molar-refractivity contribution is 6.01. The number of cyclic esters (lactones) is 2. The number of esters is 2. The van der Waals surface area contributed by atoms with Gasteiger partial charge in [-0.2, -0.15) is 0 Å². The second-order valence-corrected chi connectivity index (χ2v) is 5.39. The Morgan fingerprint density at radius 3 is 1.90 bits per heavy atom. The lowest BCUT2D eigenvalue weighted by Gasteiger charge is -2.41. The van der Waals surface area contributed by atoms with Crippen molar-refractivity contribution in [2.24, 2.45) is 5.41 Å². The Bertz CT molecular complexity index is 482. The van der Waals surface area contributed by atoms with Gasteiger partial charge in [0, 0.05) is 12.8 Å². The number of ether oxygens (including phenoxy) is 2. The van der Waals surface area contributed by atoms with Gasteiger partial charge in [-0.1, -0.05) is 44.2 Å². The first-order chi connectivity index (χ1) is 9.46. The van der Waals surface area contributed by atoms with E-state index in [4.69, 9.17) is 9.47 Å². The van der Waals surface area contributed by atoms with E-state index in [0.717, 1.165) is 5.56 Å². The summed E-state index contributed by atoms with van der Waals surface area (Å²) in [7, 11) is 0. The van der Waals surface area contributed by atoms with Crippen LogP contribution in [0, 0.1) is 5.41 Å². The molecule has 0 aliphatic carbocycles. The van der Waals surface area contributed by atoms with Crippen LogP contribution in [-0.2, 0) is 25.5 Å². The summed E-state index contributed by atoms with van der Waals surface area (Å²) >= 11 is 0. The molecule has 0 aromatic heterocycles. The van der Waals surface area contributed by atoms with Crippen LogP contribution < -0.4 is 0 Å².